The minimum Gasteiger partial charge on any atom is -0.380 e. The molecule has 23 heavy (non-hydrogen) atoms. The summed E-state index contributed by atoms with van der Waals surface area (Å²) >= 11 is 0. The smallest absolute Gasteiger partial charge is 0.231 e. The maximum atomic E-state index is 12.3. The molecule has 2 aliphatic rings. The molecule has 0 bridgehead atoms. The molecule has 122 valence electrons. The number of methoxy groups -OCH3 is 1. The predicted octanol–water partition coefficient (Wildman–Crippen LogP) is 2.85. The third-order valence-corrected chi connectivity index (χ3v) is 4.53. The van der Waals surface area contributed by atoms with Crippen LogP contribution in [0.1, 0.15) is 24.3 Å². The van der Waals surface area contributed by atoms with Gasteiger partial charge >= 0.3 is 0 Å². The quantitative estimate of drug-likeness (QED) is 0.879. The summed E-state index contributed by atoms with van der Waals surface area (Å²) in [7, 11) is 1.68. The molecule has 1 aromatic rings. The van der Waals surface area contributed by atoms with Crippen LogP contribution >= 0.6 is 0 Å². The van der Waals surface area contributed by atoms with E-state index in [-0.39, 0.29) is 11.8 Å². The van der Waals surface area contributed by atoms with Crippen LogP contribution in [0.4, 0.5) is 5.69 Å². The lowest BCUT2D eigenvalue weighted by molar-refractivity contribution is -0.118. The van der Waals surface area contributed by atoms with Crippen LogP contribution in [-0.4, -0.2) is 32.7 Å². The summed E-state index contributed by atoms with van der Waals surface area (Å²) in [4.78, 5) is 12.3. The Morgan fingerprint density at radius 1 is 1.35 bits per heavy atom. The molecule has 1 aliphatic carbocycles. The topological polar surface area (TPSA) is 50.4 Å². The van der Waals surface area contributed by atoms with Crippen molar-refractivity contribution in [3.8, 4) is 0 Å². The van der Waals surface area contributed by atoms with E-state index >= 15 is 0 Å². The molecule has 0 radical (unpaired) electrons. The minimum atomic E-state index is -0.102. The Bertz CT molecular complexity index is 598. The van der Waals surface area contributed by atoms with Crippen molar-refractivity contribution in [3.05, 3.63) is 53.6 Å². The SMILES string of the molecule is COCC1=CCC(C(=O)Nc2ccc(C3CCNC3)cc2)C=C1. The number of allylic oxidation sites excluding steroid dienone is 1. The third kappa shape index (κ3) is 4.09. The van der Waals surface area contributed by atoms with Gasteiger partial charge in [0.1, 0.15) is 0 Å². The van der Waals surface area contributed by atoms with Gasteiger partial charge in [0.2, 0.25) is 5.91 Å². The van der Waals surface area contributed by atoms with Crippen LogP contribution in [0.5, 0.6) is 0 Å². The lowest BCUT2D eigenvalue weighted by Crippen LogP contribution is -2.22. The van der Waals surface area contributed by atoms with E-state index in [1.807, 2.05) is 24.3 Å². The van der Waals surface area contributed by atoms with E-state index in [4.69, 9.17) is 4.74 Å². The Labute approximate surface area is 137 Å². The fourth-order valence-corrected chi connectivity index (χ4v) is 3.15. The van der Waals surface area contributed by atoms with Gasteiger partial charge in [-0.25, -0.2) is 0 Å². The van der Waals surface area contributed by atoms with E-state index < -0.39 is 0 Å². The van der Waals surface area contributed by atoms with Gasteiger partial charge in [-0.15, -0.1) is 0 Å². The standard InChI is InChI=1S/C19H24N2O2/c1-23-13-14-2-4-16(5-3-14)19(22)21-18-8-6-15(7-9-18)17-10-11-20-12-17/h2-4,6-9,16-17,20H,5,10-13H2,1H3,(H,21,22). The van der Waals surface area contributed by atoms with Crippen LogP contribution in [0.2, 0.25) is 0 Å². The van der Waals surface area contributed by atoms with Crippen molar-refractivity contribution < 1.29 is 9.53 Å². The van der Waals surface area contributed by atoms with Crippen molar-refractivity contribution in [2.45, 2.75) is 18.8 Å². The highest BCUT2D eigenvalue weighted by atomic mass is 16.5. The first-order chi connectivity index (χ1) is 11.3. The summed E-state index contributed by atoms with van der Waals surface area (Å²) in [5.41, 5.74) is 3.34. The number of benzene rings is 1. The highest BCUT2D eigenvalue weighted by Gasteiger charge is 2.18. The zero-order chi connectivity index (χ0) is 16.1. The van der Waals surface area contributed by atoms with Gasteiger partial charge in [-0.3, -0.25) is 4.79 Å². The van der Waals surface area contributed by atoms with Gasteiger partial charge in [0.15, 0.2) is 0 Å². The number of rotatable bonds is 5. The molecule has 1 heterocycles. The van der Waals surface area contributed by atoms with E-state index in [0.29, 0.717) is 12.5 Å². The second kappa shape index (κ2) is 7.57. The van der Waals surface area contributed by atoms with Gasteiger partial charge in [0.05, 0.1) is 12.5 Å². The maximum absolute atomic E-state index is 12.3. The van der Waals surface area contributed by atoms with Crippen molar-refractivity contribution >= 4 is 11.6 Å². The summed E-state index contributed by atoms with van der Waals surface area (Å²) in [5, 5.41) is 6.39. The highest BCUT2D eigenvalue weighted by Crippen LogP contribution is 2.24. The molecular weight excluding hydrogens is 288 g/mol. The van der Waals surface area contributed by atoms with Crippen molar-refractivity contribution in [3.63, 3.8) is 0 Å². The zero-order valence-electron chi connectivity index (χ0n) is 13.5. The molecule has 3 rings (SSSR count). The first kappa shape index (κ1) is 16.0. The van der Waals surface area contributed by atoms with Crippen LogP contribution < -0.4 is 10.6 Å². The van der Waals surface area contributed by atoms with Crippen molar-refractivity contribution in [2.75, 3.05) is 32.1 Å². The van der Waals surface area contributed by atoms with Crippen LogP contribution in [0.15, 0.2) is 48.1 Å². The number of hydrogen-bond donors (Lipinski definition) is 2. The van der Waals surface area contributed by atoms with Crippen LogP contribution in [-0.2, 0) is 9.53 Å². The number of hydrogen-bond acceptors (Lipinski definition) is 3. The Balaban J connectivity index is 1.55. The van der Waals surface area contributed by atoms with E-state index in [0.717, 1.165) is 30.8 Å². The molecule has 2 unspecified atom stereocenters. The van der Waals surface area contributed by atoms with Gasteiger partial charge in [0.25, 0.3) is 0 Å². The normalized spacial score (nSPS) is 23.6. The monoisotopic (exact) mass is 312 g/mol. The summed E-state index contributed by atoms with van der Waals surface area (Å²) in [6, 6.07) is 8.26. The Morgan fingerprint density at radius 3 is 2.78 bits per heavy atom. The number of anilines is 1. The molecule has 4 nitrogen and oxygen atoms in total. The molecule has 1 saturated heterocycles. The predicted molar refractivity (Wildman–Crippen MR) is 92.5 cm³/mol. The second-order valence-corrected chi connectivity index (χ2v) is 6.21. The Morgan fingerprint density at radius 2 is 2.17 bits per heavy atom. The molecule has 1 aromatic carbocycles. The van der Waals surface area contributed by atoms with Crippen LogP contribution in [0.3, 0.4) is 0 Å². The summed E-state index contributed by atoms with van der Waals surface area (Å²) < 4.78 is 5.10. The van der Waals surface area contributed by atoms with Crippen LogP contribution in [0, 0.1) is 5.92 Å². The maximum Gasteiger partial charge on any atom is 0.231 e. The molecule has 1 fully saturated rings. The molecule has 2 atom stereocenters. The molecule has 2 N–H and O–H groups in total. The summed E-state index contributed by atoms with van der Waals surface area (Å²) in [6.07, 6.45) is 7.93. The average Bonchev–Trinajstić information content (AvgIpc) is 3.11. The largest absolute Gasteiger partial charge is 0.380 e. The number of carbonyl (C=O) groups excluding carboxylic acids is 1. The number of amides is 1. The molecule has 1 aliphatic heterocycles. The Kier molecular flexibility index (Phi) is 5.26. The van der Waals surface area contributed by atoms with Gasteiger partial charge in [0, 0.05) is 19.3 Å². The van der Waals surface area contributed by atoms with E-state index in [1.54, 1.807) is 7.11 Å². The van der Waals surface area contributed by atoms with Crippen molar-refractivity contribution in [1.82, 2.24) is 5.32 Å². The van der Waals surface area contributed by atoms with Gasteiger partial charge in [-0.2, -0.15) is 0 Å². The fraction of sp³-hybridized carbons (Fsp3) is 0.421. The zero-order valence-corrected chi connectivity index (χ0v) is 13.5. The third-order valence-electron chi connectivity index (χ3n) is 4.53. The summed E-state index contributed by atoms with van der Waals surface area (Å²) in [5.74, 6) is 0.545. The number of carbonyl (C=O) groups is 1. The number of nitrogens with one attached hydrogen (secondary N) is 2. The molecular formula is C19H24N2O2. The van der Waals surface area contributed by atoms with E-state index in [9.17, 15) is 4.79 Å². The number of ether oxygens (including phenoxy) is 1. The lowest BCUT2D eigenvalue weighted by Gasteiger charge is -2.16. The first-order valence-corrected chi connectivity index (χ1v) is 8.24. The lowest BCUT2D eigenvalue weighted by atomic mass is 9.95. The Hall–Kier alpha value is -1.91. The molecule has 1 amide bonds. The second-order valence-electron chi connectivity index (χ2n) is 6.21. The van der Waals surface area contributed by atoms with Gasteiger partial charge in [-0.05, 0) is 48.6 Å². The summed E-state index contributed by atoms with van der Waals surface area (Å²) in [6.45, 7) is 2.74. The highest BCUT2D eigenvalue weighted by molar-refractivity contribution is 5.94. The van der Waals surface area contributed by atoms with Gasteiger partial charge < -0.3 is 15.4 Å². The molecule has 0 spiro atoms. The van der Waals surface area contributed by atoms with Crippen molar-refractivity contribution in [2.24, 2.45) is 5.92 Å². The van der Waals surface area contributed by atoms with Crippen LogP contribution in [0.25, 0.3) is 0 Å². The first-order valence-electron chi connectivity index (χ1n) is 8.24. The van der Waals surface area contributed by atoms with E-state index in [2.05, 4.69) is 28.8 Å². The molecule has 4 heteroatoms. The molecule has 0 aromatic heterocycles. The molecule has 0 saturated carbocycles. The van der Waals surface area contributed by atoms with Gasteiger partial charge in [-0.1, -0.05) is 30.4 Å². The minimum absolute atomic E-state index is 0.0456. The van der Waals surface area contributed by atoms with E-state index in [1.165, 1.54) is 12.0 Å². The van der Waals surface area contributed by atoms with Crippen molar-refractivity contribution in [1.29, 1.82) is 0 Å². The average molecular weight is 312 g/mol. The fourth-order valence-electron chi connectivity index (χ4n) is 3.15.